The van der Waals surface area contributed by atoms with Crippen molar-refractivity contribution in [1.82, 2.24) is 5.32 Å². The van der Waals surface area contributed by atoms with E-state index in [2.05, 4.69) is 30.6 Å². The lowest BCUT2D eigenvalue weighted by Crippen LogP contribution is -2.44. The van der Waals surface area contributed by atoms with E-state index in [1.807, 2.05) is 6.92 Å². The van der Waals surface area contributed by atoms with Crippen molar-refractivity contribution in [3.8, 4) is 0 Å². The molecule has 0 saturated carbocycles. The number of nitrogens with one attached hydrogen (secondary N) is 1. The highest BCUT2D eigenvalue weighted by Gasteiger charge is 2.23. The SMILES string of the molecule is CCC(CS)NC(=O)C(C)(C)S. The third kappa shape index (κ3) is 4.26. The van der Waals surface area contributed by atoms with E-state index in [1.165, 1.54) is 0 Å². The summed E-state index contributed by atoms with van der Waals surface area (Å²) in [5, 5.41) is 2.86. The Labute approximate surface area is 85.3 Å². The van der Waals surface area contributed by atoms with Crippen molar-refractivity contribution < 1.29 is 4.79 Å². The first-order valence-corrected chi connectivity index (χ1v) is 5.14. The van der Waals surface area contributed by atoms with Gasteiger partial charge in [-0.2, -0.15) is 25.3 Å². The second-order valence-corrected chi connectivity index (χ2v) is 4.80. The van der Waals surface area contributed by atoms with Gasteiger partial charge in [-0.1, -0.05) is 6.92 Å². The van der Waals surface area contributed by atoms with Gasteiger partial charge in [0.2, 0.25) is 5.91 Å². The molecule has 0 bridgehead atoms. The predicted molar refractivity (Wildman–Crippen MR) is 59.1 cm³/mol. The Kier molecular flexibility index (Phi) is 5.09. The Balaban J connectivity index is 3.99. The molecule has 0 aliphatic heterocycles. The molecular formula is C8H17NOS2. The Morgan fingerprint density at radius 1 is 1.58 bits per heavy atom. The van der Waals surface area contributed by atoms with Gasteiger partial charge in [0.25, 0.3) is 0 Å². The summed E-state index contributed by atoms with van der Waals surface area (Å²) in [4.78, 5) is 11.4. The second kappa shape index (κ2) is 5.02. The van der Waals surface area contributed by atoms with Gasteiger partial charge in [-0.25, -0.2) is 0 Å². The van der Waals surface area contributed by atoms with E-state index in [4.69, 9.17) is 0 Å². The van der Waals surface area contributed by atoms with Crippen LogP contribution in [0.1, 0.15) is 27.2 Å². The Hall–Kier alpha value is 0.170. The fraction of sp³-hybridized carbons (Fsp3) is 0.875. The maximum atomic E-state index is 11.4. The van der Waals surface area contributed by atoms with Gasteiger partial charge in [0.05, 0.1) is 4.75 Å². The molecule has 0 fully saturated rings. The number of hydrogen-bond donors (Lipinski definition) is 3. The van der Waals surface area contributed by atoms with E-state index in [0.29, 0.717) is 5.75 Å². The van der Waals surface area contributed by atoms with Crippen LogP contribution in [0, 0.1) is 0 Å². The molecule has 0 saturated heterocycles. The van der Waals surface area contributed by atoms with Gasteiger partial charge in [-0.05, 0) is 20.3 Å². The Bertz CT molecular complexity index is 150. The van der Waals surface area contributed by atoms with E-state index in [9.17, 15) is 4.79 Å². The molecule has 1 amide bonds. The maximum Gasteiger partial charge on any atom is 0.235 e. The molecule has 2 nitrogen and oxygen atoms in total. The van der Waals surface area contributed by atoms with Crippen LogP contribution in [0.3, 0.4) is 0 Å². The van der Waals surface area contributed by atoms with Gasteiger partial charge < -0.3 is 5.32 Å². The zero-order chi connectivity index (χ0) is 9.78. The quantitative estimate of drug-likeness (QED) is 0.600. The number of thiol groups is 2. The molecule has 0 aliphatic rings. The summed E-state index contributed by atoms with van der Waals surface area (Å²) < 4.78 is -0.601. The first kappa shape index (κ1) is 12.2. The third-order valence-electron chi connectivity index (χ3n) is 1.60. The molecule has 0 aromatic rings. The summed E-state index contributed by atoms with van der Waals surface area (Å²) in [6.07, 6.45) is 0.902. The molecule has 12 heavy (non-hydrogen) atoms. The molecule has 1 N–H and O–H groups in total. The fourth-order valence-corrected chi connectivity index (χ4v) is 1.05. The lowest BCUT2D eigenvalue weighted by Gasteiger charge is -2.21. The predicted octanol–water partition coefficient (Wildman–Crippen LogP) is 1.52. The molecule has 0 spiro atoms. The average Bonchev–Trinajstić information content (AvgIpc) is 1.97. The van der Waals surface area contributed by atoms with Crippen LogP contribution in [0.2, 0.25) is 0 Å². The molecule has 0 aromatic carbocycles. The standard InChI is InChI=1S/C8H17NOS2/c1-4-6(5-11)9-7(10)8(2,3)12/h6,11-12H,4-5H2,1-3H3,(H,9,10). The molecule has 4 heteroatoms. The molecule has 1 atom stereocenters. The molecule has 1 unspecified atom stereocenters. The van der Waals surface area contributed by atoms with Crippen LogP contribution in [-0.2, 0) is 4.79 Å². The van der Waals surface area contributed by atoms with Crippen LogP contribution in [0.25, 0.3) is 0 Å². The van der Waals surface area contributed by atoms with Crippen molar-refractivity contribution >= 4 is 31.2 Å². The minimum absolute atomic E-state index is 0.0354. The minimum Gasteiger partial charge on any atom is -0.351 e. The molecule has 0 heterocycles. The van der Waals surface area contributed by atoms with E-state index >= 15 is 0 Å². The van der Waals surface area contributed by atoms with Crippen LogP contribution in [0.4, 0.5) is 0 Å². The summed E-state index contributed by atoms with van der Waals surface area (Å²) in [6.45, 7) is 5.57. The number of carbonyl (C=O) groups is 1. The van der Waals surface area contributed by atoms with Gasteiger partial charge >= 0.3 is 0 Å². The van der Waals surface area contributed by atoms with E-state index in [-0.39, 0.29) is 11.9 Å². The van der Waals surface area contributed by atoms with Crippen molar-refractivity contribution in [3.63, 3.8) is 0 Å². The van der Waals surface area contributed by atoms with Crippen LogP contribution < -0.4 is 5.32 Å². The molecule has 0 radical (unpaired) electrons. The fourth-order valence-electron chi connectivity index (χ4n) is 0.639. The monoisotopic (exact) mass is 207 g/mol. The van der Waals surface area contributed by atoms with E-state index in [0.717, 1.165) is 6.42 Å². The van der Waals surface area contributed by atoms with Gasteiger partial charge in [0.15, 0.2) is 0 Å². The van der Waals surface area contributed by atoms with Crippen LogP contribution in [0.15, 0.2) is 0 Å². The van der Waals surface area contributed by atoms with Crippen molar-refractivity contribution in [2.45, 2.75) is 38.0 Å². The van der Waals surface area contributed by atoms with Crippen LogP contribution in [-0.4, -0.2) is 22.4 Å². The molecule has 0 rings (SSSR count). The topological polar surface area (TPSA) is 29.1 Å². The zero-order valence-corrected chi connectivity index (χ0v) is 9.58. The number of carbonyl (C=O) groups excluding carboxylic acids is 1. The highest BCUT2D eigenvalue weighted by Crippen LogP contribution is 2.12. The summed E-state index contributed by atoms with van der Waals surface area (Å²) in [5.74, 6) is 0.637. The lowest BCUT2D eigenvalue weighted by atomic mass is 10.1. The molecule has 72 valence electrons. The smallest absolute Gasteiger partial charge is 0.235 e. The Morgan fingerprint density at radius 2 is 2.08 bits per heavy atom. The van der Waals surface area contributed by atoms with Gasteiger partial charge in [0, 0.05) is 11.8 Å². The average molecular weight is 207 g/mol. The van der Waals surface area contributed by atoms with Gasteiger partial charge in [-0.3, -0.25) is 4.79 Å². The number of hydrogen-bond acceptors (Lipinski definition) is 3. The van der Waals surface area contributed by atoms with Crippen LogP contribution in [0.5, 0.6) is 0 Å². The molecule has 0 aromatic heterocycles. The first-order valence-electron chi connectivity index (χ1n) is 4.06. The van der Waals surface area contributed by atoms with Crippen molar-refractivity contribution in [2.24, 2.45) is 0 Å². The minimum atomic E-state index is -0.601. The third-order valence-corrected chi connectivity index (χ3v) is 2.25. The summed E-state index contributed by atoms with van der Waals surface area (Å²) >= 11 is 8.29. The first-order chi connectivity index (χ1) is 5.41. The van der Waals surface area contributed by atoms with Crippen molar-refractivity contribution in [2.75, 3.05) is 5.75 Å². The maximum absolute atomic E-state index is 11.4. The normalized spacial score (nSPS) is 14.1. The zero-order valence-electron chi connectivity index (χ0n) is 7.79. The number of rotatable bonds is 4. The highest BCUT2D eigenvalue weighted by atomic mass is 32.1. The lowest BCUT2D eigenvalue weighted by molar-refractivity contribution is -0.123. The van der Waals surface area contributed by atoms with Gasteiger partial charge in [0.1, 0.15) is 0 Å². The van der Waals surface area contributed by atoms with E-state index in [1.54, 1.807) is 13.8 Å². The summed E-state index contributed by atoms with van der Waals surface area (Å²) in [5.41, 5.74) is 0. The summed E-state index contributed by atoms with van der Waals surface area (Å²) in [6, 6.07) is 0.159. The van der Waals surface area contributed by atoms with Crippen LogP contribution >= 0.6 is 25.3 Å². The highest BCUT2D eigenvalue weighted by molar-refractivity contribution is 7.82. The van der Waals surface area contributed by atoms with Gasteiger partial charge in [-0.15, -0.1) is 0 Å². The molecular weight excluding hydrogens is 190 g/mol. The number of amides is 1. The second-order valence-electron chi connectivity index (χ2n) is 3.32. The Morgan fingerprint density at radius 3 is 2.33 bits per heavy atom. The van der Waals surface area contributed by atoms with Crippen molar-refractivity contribution in [3.05, 3.63) is 0 Å². The van der Waals surface area contributed by atoms with Crippen molar-refractivity contribution in [1.29, 1.82) is 0 Å². The molecule has 0 aliphatic carbocycles. The largest absolute Gasteiger partial charge is 0.351 e. The summed E-state index contributed by atoms with van der Waals surface area (Å²) in [7, 11) is 0. The van der Waals surface area contributed by atoms with E-state index < -0.39 is 4.75 Å².